The third-order valence-electron chi connectivity index (χ3n) is 5.21. The zero-order valence-electron chi connectivity index (χ0n) is 17.9. The molecular weight excluding hydrogens is 408 g/mol. The first-order chi connectivity index (χ1) is 15.1. The molecule has 1 aromatic carbocycles. The average Bonchev–Trinajstić information content (AvgIpc) is 3.29. The smallest absolute Gasteiger partial charge is 0.251 e. The molecule has 2 atom stereocenters. The van der Waals surface area contributed by atoms with Gasteiger partial charge in [-0.3, -0.25) is 14.6 Å². The molecule has 0 aliphatic heterocycles. The summed E-state index contributed by atoms with van der Waals surface area (Å²) in [5.41, 5.74) is 2.56. The summed E-state index contributed by atoms with van der Waals surface area (Å²) in [5.74, 6) is -0.336. The van der Waals surface area contributed by atoms with Gasteiger partial charge in [0.2, 0.25) is 5.91 Å². The van der Waals surface area contributed by atoms with E-state index in [4.69, 9.17) is 0 Å². The number of carbonyl (C=O) groups excluding carboxylic acids is 2. The van der Waals surface area contributed by atoms with Crippen molar-refractivity contribution in [1.82, 2.24) is 20.6 Å². The van der Waals surface area contributed by atoms with Gasteiger partial charge in [-0.25, -0.2) is 4.98 Å². The van der Waals surface area contributed by atoms with Crippen LogP contribution < -0.4 is 10.6 Å². The highest BCUT2D eigenvalue weighted by atomic mass is 32.1. The molecule has 0 fully saturated rings. The minimum absolute atomic E-state index is 0.0366. The van der Waals surface area contributed by atoms with E-state index < -0.39 is 6.04 Å². The van der Waals surface area contributed by atoms with Crippen molar-refractivity contribution < 1.29 is 9.59 Å². The zero-order chi connectivity index (χ0) is 22.1. The Balaban J connectivity index is 1.49. The van der Waals surface area contributed by atoms with Crippen LogP contribution in [0.25, 0.3) is 11.3 Å². The van der Waals surface area contributed by atoms with Crippen LogP contribution in [0.1, 0.15) is 42.1 Å². The molecule has 0 saturated heterocycles. The first-order valence-electron chi connectivity index (χ1n) is 10.6. The molecule has 0 spiro atoms. The Kier molecular flexibility index (Phi) is 8.29. The summed E-state index contributed by atoms with van der Waals surface area (Å²) in [7, 11) is 0. The number of nitrogens with one attached hydrogen (secondary N) is 2. The molecule has 3 rings (SSSR count). The number of pyridine rings is 1. The fraction of sp³-hybridized carbons (Fsp3) is 0.333. The molecule has 0 saturated carbocycles. The minimum atomic E-state index is -0.559. The maximum absolute atomic E-state index is 12.8. The SMILES string of the molecule is CC[C@H](C)[C@H](NC(=O)c1ccccc1)C(=O)NCCCc1nc(-c2ccncc2)cs1. The standard InChI is InChI=1S/C24H28N4O2S/c1-3-17(2)22(28-23(29)19-8-5-4-6-9-19)24(30)26-13-7-10-21-27-20(16-31-21)18-11-14-25-15-12-18/h4-6,8-9,11-12,14-17,22H,3,7,10,13H2,1-2H3,(H,26,30)(H,28,29)/t17-,22-/m0/s1. The second-order valence-corrected chi connectivity index (χ2v) is 8.40. The molecule has 0 radical (unpaired) electrons. The predicted octanol–water partition coefficient (Wildman–Crippen LogP) is 4.10. The third kappa shape index (κ3) is 6.46. The van der Waals surface area contributed by atoms with Crippen molar-refractivity contribution in [1.29, 1.82) is 0 Å². The van der Waals surface area contributed by atoms with Gasteiger partial charge < -0.3 is 10.6 Å². The lowest BCUT2D eigenvalue weighted by Gasteiger charge is -2.23. The third-order valence-corrected chi connectivity index (χ3v) is 6.12. The number of nitrogens with zero attached hydrogens (tertiary/aromatic N) is 2. The van der Waals surface area contributed by atoms with E-state index in [1.54, 1.807) is 35.9 Å². The summed E-state index contributed by atoms with van der Waals surface area (Å²) in [5, 5.41) is 8.96. The van der Waals surface area contributed by atoms with E-state index in [1.165, 1.54) is 0 Å². The van der Waals surface area contributed by atoms with Gasteiger partial charge in [-0.15, -0.1) is 11.3 Å². The molecule has 162 valence electrons. The number of benzene rings is 1. The summed E-state index contributed by atoms with van der Waals surface area (Å²) >= 11 is 1.62. The monoisotopic (exact) mass is 436 g/mol. The van der Waals surface area contributed by atoms with Crippen molar-refractivity contribution in [2.75, 3.05) is 6.54 Å². The number of thiazole rings is 1. The Morgan fingerprint density at radius 2 is 1.84 bits per heavy atom. The Morgan fingerprint density at radius 1 is 1.10 bits per heavy atom. The molecule has 0 aliphatic carbocycles. The van der Waals surface area contributed by atoms with Crippen molar-refractivity contribution in [3.8, 4) is 11.3 Å². The van der Waals surface area contributed by atoms with Crippen LogP contribution in [0.15, 0.2) is 60.2 Å². The van der Waals surface area contributed by atoms with Crippen molar-refractivity contribution in [2.24, 2.45) is 5.92 Å². The summed E-state index contributed by atoms with van der Waals surface area (Å²) in [6.07, 6.45) is 5.89. The Hall–Kier alpha value is -3.06. The number of rotatable bonds is 10. The highest BCUT2D eigenvalue weighted by molar-refractivity contribution is 7.09. The van der Waals surface area contributed by atoms with E-state index in [0.717, 1.165) is 35.5 Å². The van der Waals surface area contributed by atoms with Crippen molar-refractivity contribution in [3.05, 3.63) is 70.8 Å². The second-order valence-electron chi connectivity index (χ2n) is 7.46. The van der Waals surface area contributed by atoms with Gasteiger partial charge in [0.05, 0.1) is 10.7 Å². The van der Waals surface area contributed by atoms with E-state index in [0.29, 0.717) is 12.1 Å². The van der Waals surface area contributed by atoms with E-state index in [2.05, 4.69) is 20.6 Å². The molecule has 31 heavy (non-hydrogen) atoms. The molecule has 3 aromatic rings. The van der Waals surface area contributed by atoms with Crippen LogP contribution in [0.5, 0.6) is 0 Å². The van der Waals surface area contributed by atoms with Crippen LogP contribution in [0.3, 0.4) is 0 Å². The molecule has 2 N–H and O–H groups in total. The number of hydrogen-bond donors (Lipinski definition) is 2. The lowest BCUT2D eigenvalue weighted by Crippen LogP contribution is -2.50. The van der Waals surface area contributed by atoms with Gasteiger partial charge in [0.1, 0.15) is 6.04 Å². The molecule has 2 aromatic heterocycles. The van der Waals surface area contributed by atoms with Gasteiger partial charge in [0.15, 0.2) is 0 Å². The fourth-order valence-corrected chi connectivity index (χ4v) is 4.01. The van der Waals surface area contributed by atoms with Crippen LogP contribution in [0, 0.1) is 5.92 Å². The van der Waals surface area contributed by atoms with Crippen LogP contribution in [0.2, 0.25) is 0 Å². The fourth-order valence-electron chi connectivity index (χ4n) is 3.16. The van der Waals surface area contributed by atoms with Crippen LogP contribution in [-0.4, -0.2) is 34.4 Å². The van der Waals surface area contributed by atoms with E-state index in [1.807, 2.05) is 49.6 Å². The lowest BCUT2D eigenvalue weighted by atomic mass is 9.97. The predicted molar refractivity (Wildman–Crippen MR) is 124 cm³/mol. The second kappa shape index (κ2) is 11.4. The number of aryl methyl sites for hydroxylation is 1. The summed E-state index contributed by atoms with van der Waals surface area (Å²) in [6.45, 7) is 4.53. The van der Waals surface area contributed by atoms with E-state index in [-0.39, 0.29) is 17.7 Å². The van der Waals surface area contributed by atoms with Gasteiger partial charge in [-0.1, -0.05) is 38.5 Å². The largest absolute Gasteiger partial charge is 0.354 e. The van der Waals surface area contributed by atoms with Gasteiger partial charge >= 0.3 is 0 Å². The van der Waals surface area contributed by atoms with Crippen molar-refractivity contribution in [3.63, 3.8) is 0 Å². The van der Waals surface area contributed by atoms with E-state index >= 15 is 0 Å². The maximum Gasteiger partial charge on any atom is 0.251 e. The summed E-state index contributed by atoms with van der Waals surface area (Å²) in [6, 6.07) is 12.3. The van der Waals surface area contributed by atoms with Crippen LogP contribution >= 0.6 is 11.3 Å². The molecule has 0 aliphatic rings. The van der Waals surface area contributed by atoms with Gasteiger partial charge in [-0.2, -0.15) is 0 Å². The van der Waals surface area contributed by atoms with Gasteiger partial charge in [-0.05, 0) is 36.6 Å². The van der Waals surface area contributed by atoms with Crippen LogP contribution in [-0.2, 0) is 11.2 Å². The summed E-state index contributed by atoms with van der Waals surface area (Å²) < 4.78 is 0. The topological polar surface area (TPSA) is 84.0 Å². The van der Waals surface area contributed by atoms with E-state index in [9.17, 15) is 9.59 Å². The number of carbonyl (C=O) groups is 2. The zero-order valence-corrected chi connectivity index (χ0v) is 18.7. The Morgan fingerprint density at radius 3 is 2.55 bits per heavy atom. The number of hydrogen-bond acceptors (Lipinski definition) is 5. The molecule has 0 bridgehead atoms. The summed E-state index contributed by atoms with van der Waals surface area (Å²) in [4.78, 5) is 34.0. The highest BCUT2D eigenvalue weighted by Crippen LogP contribution is 2.21. The highest BCUT2D eigenvalue weighted by Gasteiger charge is 2.26. The lowest BCUT2D eigenvalue weighted by molar-refractivity contribution is -0.124. The van der Waals surface area contributed by atoms with Gasteiger partial charge in [0, 0.05) is 41.9 Å². The van der Waals surface area contributed by atoms with Crippen molar-refractivity contribution in [2.45, 2.75) is 39.2 Å². The normalized spacial score (nSPS) is 12.7. The van der Waals surface area contributed by atoms with Crippen LogP contribution in [0.4, 0.5) is 0 Å². The minimum Gasteiger partial charge on any atom is -0.354 e. The number of amides is 2. The Bertz CT molecular complexity index is 976. The molecule has 2 heterocycles. The maximum atomic E-state index is 12.8. The molecule has 7 heteroatoms. The van der Waals surface area contributed by atoms with Gasteiger partial charge in [0.25, 0.3) is 5.91 Å². The molecule has 6 nitrogen and oxygen atoms in total. The number of aromatic nitrogens is 2. The van der Waals surface area contributed by atoms with Crippen molar-refractivity contribution >= 4 is 23.2 Å². The molecule has 0 unspecified atom stereocenters. The molecular formula is C24H28N4O2S. The molecule has 2 amide bonds. The first-order valence-corrected chi connectivity index (χ1v) is 11.4. The Labute approximate surface area is 187 Å². The first kappa shape index (κ1) is 22.6. The average molecular weight is 437 g/mol. The quantitative estimate of drug-likeness (QED) is 0.469.